The minimum Gasteiger partial charge on any atom is -0.383 e. The van der Waals surface area contributed by atoms with Crippen molar-refractivity contribution in [1.82, 2.24) is 9.88 Å². The van der Waals surface area contributed by atoms with Crippen molar-refractivity contribution in [1.29, 1.82) is 0 Å². The topological polar surface area (TPSA) is 97.3 Å². The molecular formula is C14H25N5O2. The molecule has 1 unspecified atom stereocenters. The lowest BCUT2D eigenvalue weighted by atomic mass is 10.1. The number of nitrogens with two attached hydrogens (primary N) is 1. The Balaban J connectivity index is 2.51. The first-order valence-corrected chi connectivity index (χ1v) is 7.37. The first-order chi connectivity index (χ1) is 9.96. The number of aromatic nitrogens is 1. The molecular weight excluding hydrogens is 270 g/mol. The van der Waals surface area contributed by atoms with Crippen molar-refractivity contribution in [2.45, 2.75) is 39.7 Å². The fraction of sp³-hybridized carbons (Fsp3) is 0.643. The van der Waals surface area contributed by atoms with Gasteiger partial charge in [0.15, 0.2) is 0 Å². The summed E-state index contributed by atoms with van der Waals surface area (Å²) < 4.78 is 0. The molecule has 0 bridgehead atoms. The van der Waals surface area contributed by atoms with Gasteiger partial charge in [-0.15, -0.1) is 0 Å². The predicted molar refractivity (Wildman–Crippen MR) is 85.4 cm³/mol. The lowest BCUT2D eigenvalue weighted by molar-refractivity contribution is -0.384. The molecule has 0 radical (unpaired) electrons. The van der Waals surface area contributed by atoms with Crippen molar-refractivity contribution in [2.24, 2.45) is 0 Å². The Bertz CT molecular complexity index is 463. The first kappa shape index (κ1) is 17.2. The summed E-state index contributed by atoms with van der Waals surface area (Å²) in [6.45, 7) is 9.52. The maximum Gasteiger partial charge on any atom is 0.276 e. The van der Waals surface area contributed by atoms with E-state index in [4.69, 9.17) is 5.73 Å². The van der Waals surface area contributed by atoms with Crippen molar-refractivity contribution in [3.05, 3.63) is 22.2 Å². The van der Waals surface area contributed by atoms with E-state index in [1.165, 1.54) is 12.1 Å². The summed E-state index contributed by atoms with van der Waals surface area (Å²) in [5, 5.41) is 14.0. The van der Waals surface area contributed by atoms with E-state index in [1.807, 2.05) is 6.92 Å². The number of nitro groups is 1. The maximum absolute atomic E-state index is 10.8. The Labute approximate surface area is 125 Å². The van der Waals surface area contributed by atoms with E-state index in [-0.39, 0.29) is 17.5 Å². The molecule has 3 N–H and O–H groups in total. The normalized spacial score (nSPS) is 12.4. The average Bonchev–Trinajstić information content (AvgIpc) is 2.43. The van der Waals surface area contributed by atoms with Crippen molar-refractivity contribution < 1.29 is 4.92 Å². The van der Waals surface area contributed by atoms with Gasteiger partial charge in [-0.1, -0.05) is 13.8 Å². The molecule has 0 amide bonds. The molecule has 21 heavy (non-hydrogen) atoms. The van der Waals surface area contributed by atoms with Gasteiger partial charge in [0.25, 0.3) is 5.69 Å². The van der Waals surface area contributed by atoms with Gasteiger partial charge in [-0.2, -0.15) is 0 Å². The molecule has 0 saturated carbocycles. The van der Waals surface area contributed by atoms with E-state index in [2.05, 4.69) is 29.0 Å². The number of anilines is 2. The van der Waals surface area contributed by atoms with Gasteiger partial charge < -0.3 is 16.0 Å². The molecule has 7 heteroatoms. The lowest BCUT2D eigenvalue weighted by Crippen LogP contribution is -2.25. The van der Waals surface area contributed by atoms with E-state index >= 15 is 0 Å². The fourth-order valence-corrected chi connectivity index (χ4v) is 2.20. The third-order valence-corrected chi connectivity index (χ3v) is 3.44. The summed E-state index contributed by atoms with van der Waals surface area (Å²) in [5.74, 6) is 0.610. The van der Waals surface area contributed by atoms with E-state index < -0.39 is 4.92 Å². The number of pyridine rings is 1. The second kappa shape index (κ2) is 8.41. The molecule has 0 aromatic carbocycles. The zero-order valence-electron chi connectivity index (χ0n) is 13.0. The third-order valence-electron chi connectivity index (χ3n) is 3.44. The Kier molecular flexibility index (Phi) is 6.87. The molecule has 0 saturated heterocycles. The SMILES string of the molecule is CCN(CC)CCCC(C)Nc1cc([N+](=O)[O-])cc(N)n1. The number of hydrogen-bond donors (Lipinski definition) is 2. The van der Waals surface area contributed by atoms with Crippen LogP contribution in [0.3, 0.4) is 0 Å². The van der Waals surface area contributed by atoms with E-state index in [0.29, 0.717) is 5.82 Å². The van der Waals surface area contributed by atoms with Gasteiger partial charge in [-0.05, 0) is 39.4 Å². The Hall–Kier alpha value is -1.89. The van der Waals surface area contributed by atoms with Gasteiger partial charge in [-0.25, -0.2) is 4.98 Å². The quantitative estimate of drug-likeness (QED) is 0.536. The summed E-state index contributed by atoms with van der Waals surface area (Å²) in [7, 11) is 0. The number of hydrogen-bond acceptors (Lipinski definition) is 6. The van der Waals surface area contributed by atoms with Gasteiger partial charge >= 0.3 is 0 Å². The summed E-state index contributed by atoms with van der Waals surface area (Å²) in [6, 6.07) is 2.86. The van der Waals surface area contributed by atoms with Crippen LogP contribution in [0.15, 0.2) is 12.1 Å². The molecule has 0 aliphatic carbocycles. The summed E-state index contributed by atoms with van der Waals surface area (Å²) in [5.41, 5.74) is 5.55. The predicted octanol–water partition coefficient (Wildman–Crippen LogP) is 2.49. The maximum atomic E-state index is 10.8. The van der Waals surface area contributed by atoms with Gasteiger partial charge in [0.1, 0.15) is 11.6 Å². The van der Waals surface area contributed by atoms with Crippen LogP contribution in [-0.4, -0.2) is 40.5 Å². The molecule has 0 aliphatic rings. The zero-order chi connectivity index (χ0) is 15.8. The van der Waals surface area contributed by atoms with E-state index in [9.17, 15) is 10.1 Å². The molecule has 1 atom stereocenters. The van der Waals surface area contributed by atoms with E-state index in [1.54, 1.807) is 0 Å². The Morgan fingerprint density at radius 1 is 1.43 bits per heavy atom. The molecule has 0 aliphatic heterocycles. The van der Waals surface area contributed by atoms with Gasteiger partial charge in [0, 0.05) is 6.04 Å². The highest BCUT2D eigenvalue weighted by molar-refractivity contribution is 5.52. The van der Waals surface area contributed by atoms with Crippen LogP contribution < -0.4 is 11.1 Å². The lowest BCUT2D eigenvalue weighted by Gasteiger charge is -2.20. The van der Waals surface area contributed by atoms with Crippen molar-refractivity contribution in [2.75, 3.05) is 30.7 Å². The standard InChI is InChI=1S/C14H25N5O2/c1-4-18(5-2)8-6-7-11(3)16-14-10-12(19(20)21)9-13(15)17-14/h9-11H,4-8H2,1-3H3,(H3,15,16,17). The number of nitrogens with one attached hydrogen (secondary N) is 1. The average molecular weight is 295 g/mol. The highest BCUT2D eigenvalue weighted by Crippen LogP contribution is 2.19. The first-order valence-electron chi connectivity index (χ1n) is 7.37. The van der Waals surface area contributed by atoms with Crippen molar-refractivity contribution in [3.8, 4) is 0 Å². The van der Waals surface area contributed by atoms with Crippen molar-refractivity contribution in [3.63, 3.8) is 0 Å². The highest BCUT2D eigenvalue weighted by atomic mass is 16.6. The van der Waals surface area contributed by atoms with E-state index in [0.717, 1.165) is 32.5 Å². The molecule has 118 valence electrons. The second-order valence-corrected chi connectivity index (χ2v) is 5.11. The Morgan fingerprint density at radius 3 is 2.67 bits per heavy atom. The summed E-state index contributed by atoms with van der Waals surface area (Å²) in [6.07, 6.45) is 2.04. The molecule has 7 nitrogen and oxygen atoms in total. The Morgan fingerprint density at radius 2 is 2.10 bits per heavy atom. The van der Waals surface area contributed by atoms with Gasteiger partial charge in [0.05, 0.1) is 17.1 Å². The monoisotopic (exact) mass is 295 g/mol. The van der Waals surface area contributed by atoms with Crippen LogP contribution in [0, 0.1) is 10.1 Å². The number of nitrogens with zero attached hydrogens (tertiary/aromatic N) is 3. The van der Waals surface area contributed by atoms with Crippen LogP contribution >= 0.6 is 0 Å². The zero-order valence-corrected chi connectivity index (χ0v) is 13.0. The largest absolute Gasteiger partial charge is 0.383 e. The van der Waals surface area contributed by atoms with Crippen molar-refractivity contribution >= 4 is 17.3 Å². The molecule has 1 aromatic heterocycles. The smallest absolute Gasteiger partial charge is 0.276 e. The van der Waals surface area contributed by atoms with Crippen LogP contribution in [-0.2, 0) is 0 Å². The number of nitrogen functional groups attached to an aromatic ring is 1. The minimum absolute atomic E-state index is 0.0414. The summed E-state index contributed by atoms with van der Waals surface area (Å²) in [4.78, 5) is 16.8. The molecule has 1 aromatic rings. The highest BCUT2D eigenvalue weighted by Gasteiger charge is 2.11. The van der Waals surface area contributed by atoms with Crippen LogP contribution in [0.5, 0.6) is 0 Å². The van der Waals surface area contributed by atoms with Crippen LogP contribution in [0.2, 0.25) is 0 Å². The van der Waals surface area contributed by atoms with Crippen LogP contribution in [0.1, 0.15) is 33.6 Å². The van der Waals surface area contributed by atoms with Crippen LogP contribution in [0.4, 0.5) is 17.3 Å². The second-order valence-electron chi connectivity index (χ2n) is 5.11. The number of rotatable bonds is 9. The van der Waals surface area contributed by atoms with Gasteiger partial charge in [0.2, 0.25) is 0 Å². The summed E-state index contributed by atoms with van der Waals surface area (Å²) >= 11 is 0. The third kappa shape index (κ3) is 5.95. The van der Waals surface area contributed by atoms with Crippen LogP contribution in [0.25, 0.3) is 0 Å². The minimum atomic E-state index is -0.464. The molecule has 0 fully saturated rings. The molecule has 0 spiro atoms. The fourth-order valence-electron chi connectivity index (χ4n) is 2.20. The van der Waals surface area contributed by atoms with Gasteiger partial charge in [-0.3, -0.25) is 10.1 Å². The molecule has 1 heterocycles. The molecule has 1 rings (SSSR count).